The fraction of sp³-hybridized carbons (Fsp3) is 0.231. The lowest BCUT2D eigenvalue weighted by Gasteiger charge is -2.07. The summed E-state index contributed by atoms with van der Waals surface area (Å²) in [5.74, 6) is 0.704. The summed E-state index contributed by atoms with van der Waals surface area (Å²) < 4.78 is 0. The molecule has 1 aromatic carbocycles. The number of halogens is 1. The predicted octanol–water partition coefficient (Wildman–Crippen LogP) is 4.21. The molecule has 2 rings (SSSR count). The van der Waals surface area contributed by atoms with Crippen molar-refractivity contribution in [1.82, 2.24) is 9.97 Å². The van der Waals surface area contributed by atoms with E-state index in [2.05, 4.69) is 41.2 Å². The molecule has 0 saturated heterocycles. The third kappa shape index (κ3) is 2.99. The van der Waals surface area contributed by atoms with Gasteiger partial charge in [0.2, 0.25) is 0 Å². The van der Waals surface area contributed by atoms with Gasteiger partial charge < -0.3 is 0 Å². The SMILES string of the molecule is Cc1ccc(Sc2nc(C)nc(Cl)c2C)cc1. The number of nitrogens with zero attached hydrogens (tertiary/aromatic N) is 2. The van der Waals surface area contributed by atoms with E-state index in [0.717, 1.165) is 15.5 Å². The molecule has 0 atom stereocenters. The van der Waals surface area contributed by atoms with Crippen LogP contribution in [-0.2, 0) is 0 Å². The maximum Gasteiger partial charge on any atom is 0.136 e. The topological polar surface area (TPSA) is 25.8 Å². The minimum Gasteiger partial charge on any atom is -0.226 e. The highest BCUT2D eigenvalue weighted by Crippen LogP contribution is 2.31. The van der Waals surface area contributed by atoms with Gasteiger partial charge in [-0.15, -0.1) is 0 Å². The normalized spacial score (nSPS) is 10.6. The molecule has 0 unspecified atom stereocenters. The number of aromatic nitrogens is 2. The van der Waals surface area contributed by atoms with E-state index in [4.69, 9.17) is 11.6 Å². The van der Waals surface area contributed by atoms with Gasteiger partial charge in [-0.2, -0.15) is 0 Å². The zero-order valence-electron chi connectivity index (χ0n) is 9.99. The molecule has 0 radical (unpaired) electrons. The number of hydrogen-bond acceptors (Lipinski definition) is 3. The zero-order valence-corrected chi connectivity index (χ0v) is 11.6. The van der Waals surface area contributed by atoms with Crippen molar-refractivity contribution in [3.05, 3.63) is 46.4 Å². The number of hydrogen-bond donors (Lipinski definition) is 0. The van der Waals surface area contributed by atoms with E-state index in [9.17, 15) is 0 Å². The third-order valence-corrected chi connectivity index (χ3v) is 3.86. The van der Waals surface area contributed by atoms with E-state index in [1.165, 1.54) is 5.56 Å². The van der Waals surface area contributed by atoms with Crippen LogP contribution in [-0.4, -0.2) is 9.97 Å². The highest BCUT2D eigenvalue weighted by molar-refractivity contribution is 7.99. The minimum atomic E-state index is 0.534. The Morgan fingerprint density at radius 2 is 1.65 bits per heavy atom. The molecule has 0 aliphatic heterocycles. The molecule has 1 heterocycles. The molecule has 0 saturated carbocycles. The van der Waals surface area contributed by atoms with Crippen LogP contribution in [0, 0.1) is 20.8 Å². The summed E-state index contributed by atoms with van der Waals surface area (Å²) in [7, 11) is 0. The zero-order chi connectivity index (χ0) is 12.4. The Bertz CT molecular complexity index is 538. The van der Waals surface area contributed by atoms with Gasteiger partial charge >= 0.3 is 0 Å². The Balaban J connectivity index is 2.32. The van der Waals surface area contributed by atoms with Gasteiger partial charge in [0.15, 0.2) is 0 Å². The molecule has 0 spiro atoms. The van der Waals surface area contributed by atoms with Gasteiger partial charge in [0.05, 0.1) is 0 Å². The van der Waals surface area contributed by atoms with Crippen molar-refractivity contribution in [3.8, 4) is 0 Å². The van der Waals surface area contributed by atoms with Gasteiger partial charge in [0.1, 0.15) is 16.0 Å². The number of rotatable bonds is 2. The highest BCUT2D eigenvalue weighted by Gasteiger charge is 2.08. The molecule has 0 N–H and O–H groups in total. The van der Waals surface area contributed by atoms with Crippen molar-refractivity contribution in [2.24, 2.45) is 0 Å². The van der Waals surface area contributed by atoms with Crippen molar-refractivity contribution in [2.75, 3.05) is 0 Å². The molecule has 88 valence electrons. The van der Waals surface area contributed by atoms with Crippen LogP contribution in [0.15, 0.2) is 34.2 Å². The largest absolute Gasteiger partial charge is 0.226 e. The maximum absolute atomic E-state index is 6.05. The van der Waals surface area contributed by atoms with E-state index < -0.39 is 0 Å². The second-order valence-electron chi connectivity index (χ2n) is 3.91. The van der Waals surface area contributed by atoms with E-state index in [-0.39, 0.29) is 0 Å². The first-order valence-electron chi connectivity index (χ1n) is 5.31. The Morgan fingerprint density at radius 1 is 1.00 bits per heavy atom. The van der Waals surface area contributed by atoms with Gasteiger partial charge in [0, 0.05) is 10.5 Å². The van der Waals surface area contributed by atoms with Crippen LogP contribution in [0.3, 0.4) is 0 Å². The summed E-state index contributed by atoms with van der Waals surface area (Å²) in [6.45, 7) is 5.87. The molecule has 0 fully saturated rings. The fourth-order valence-electron chi connectivity index (χ4n) is 1.39. The molecule has 2 aromatic rings. The molecular formula is C13H13ClN2S. The summed E-state index contributed by atoms with van der Waals surface area (Å²) in [4.78, 5) is 9.71. The average Bonchev–Trinajstić information content (AvgIpc) is 2.28. The van der Waals surface area contributed by atoms with E-state index in [0.29, 0.717) is 11.0 Å². The van der Waals surface area contributed by atoms with Crippen molar-refractivity contribution >= 4 is 23.4 Å². The Hall–Kier alpha value is -1.06. The predicted molar refractivity (Wildman–Crippen MR) is 71.8 cm³/mol. The highest BCUT2D eigenvalue weighted by atomic mass is 35.5. The molecule has 0 aliphatic rings. The average molecular weight is 265 g/mol. The lowest BCUT2D eigenvalue weighted by molar-refractivity contribution is 0.938. The first-order valence-corrected chi connectivity index (χ1v) is 6.51. The molecule has 4 heteroatoms. The quantitative estimate of drug-likeness (QED) is 0.760. The summed E-state index contributed by atoms with van der Waals surface area (Å²) in [6.07, 6.45) is 0. The first kappa shape index (κ1) is 12.4. The summed E-state index contributed by atoms with van der Waals surface area (Å²) in [6, 6.07) is 8.36. The second-order valence-corrected chi connectivity index (χ2v) is 5.33. The van der Waals surface area contributed by atoms with Crippen LogP contribution in [0.2, 0.25) is 5.15 Å². The summed E-state index contributed by atoms with van der Waals surface area (Å²) in [5, 5.41) is 1.46. The first-order chi connectivity index (χ1) is 8.06. The standard InChI is InChI=1S/C13H13ClN2S/c1-8-4-6-11(7-5-8)17-13-9(2)12(14)15-10(3)16-13/h4-7H,1-3H3. The molecule has 2 nitrogen and oxygen atoms in total. The van der Waals surface area contributed by atoms with E-state index in [1.807, 2.05) is 13.8 Å². The Labute approximate surface area is 110 Å². The molecule has 1 aromatic heterocycles. The molecule has 17 heavy (non-hydrogen) atoms. The van der Waals surface area contributed by atoms with Crippen molar-refractivity contribution in [2.45, 2.75) is 30.7 Å². The maximum atomic E-state index is 6.05. The van der Waals surface area contributed by atoms with Gasteiger partial charge in [0.25, 0.3) is 0 Å². The smallest absolute Gasteiger partial charge is 0.136 e. The monoisotopic (exact) mass is 264 g/mol. The fourth-order valence-corrected chi connectivity index (χ4v) is 2.58. The van der Waals surface area contributed by atoms with Crippen molar-refractivity contribution in [3.63, 3.8) is 0 Å². The van der Waals surface area contributed by atoms with Crippen LogP contribution < -0.4 is 0 Å². The van der Waals surface area contributed by atoms with Gasteiger partial charge in [-0.25, -0.2) is 9.97 Å². The summed E-state index contributed by atoms with van der Waals surface area (Å²) in [5.41, 5.74) is 2.19. The van der Waals surface area contributed by atoms with Crippen LogP contribution in [0.4, 0.5) is 0 Å². The molecular weight excluding hydrogens is 252 g/mol. The number of benzene rings is 1. The number of aryl methyl sites for hydroxylation is 2. The van der Waals surface area contributed by atoms with Crippen molar-refractivity contribution in [1.29, 1.82) is 0 Å². The van der Waals surface area contributed by atoms with E-state index in [1.54, 1.807) is 11.8 Å². The lowest BCUT2D eigenvalue weighted by atomic mass is 10.2. The van der Waals surface area contributed by atoms with Crippen molar-refractivity contribution < 1.29 is 0 Å². The van der Waals surface area contributed by atoms with Gasteiger partial charge in [-0.3, -0.25) is 0 Å². The molecule has 0 bridgehead atoms. The molecule has 0 amide bonds. The Morgan fingerprint density at radius 3 is 2.29 bits per heavy atom. The van der Waals surface area contributed by atoms with Crippen LogP contribution in [0.1, 0.15) is 17.0 Å². The third-order valence-electron chi connectivity index (χ3n) is 2.39. The Kier molecular flexibility index (Phi) is 3.69. The molecule has 0 aliphatic carbocycles. The van der Waals surface area contributed by atoms with Crippen LogP contribution in [0.5, 0.6) is 0 Å². The van der Waals surface area contributed by atoms with Crippen LogP contribution >= 0.6 is 23.4 Å². The lowest BCUT2D eigenvalue weighted by Crippen LogP contribution is -1.94. The summed E-state index contributed by atoms with van der Waals surface area (Å²) >= 11 is 7.66. The van der Waals surface area contributed by atoms with Crippen LogP contribution in [0.25, 0.3) is 0 Å². The van der Waals surface area contributed by atoms with Gasteiger partial charge in [-0.1, -0.05) is 41.1 Å². The van der Waals surface area contributed by atoms with Gasteiger partial charge in [-0.05, 0) is 32.9 Å². The second kappa shape index (κ2) is 5.07. The minimum absolute atomic E-state index is 0.534. The van der Waals surface area contributed by atoms with E-state index >= 15 is 0 Å².